The van der Waals surface area contributed by atoms with Gasteiger partial charge in [0, 0.05) is 6.54 Å². The summed E-state index contributed by atoms with van der Waals surface area (Å²) in [6.45, 7) is 2.76. The van der Waals surface area contributed by atoms with Gasteiger partial charge < -0.3 is 10.1 Å². The van der Waals surface area contributed by atoms with Crippen LogP contribution in [0, 0.1) is 5.92 Å². The summed E-state index contributed by atoms with van der Waals surface area (Å²) in [6.07, 6.45) is 0.857. The third kappa shape index (κ3) is 3.78. The van der Waals surface area contributed by atoms with Gasteiger partial charge in [0.05, 0.1) is 23.5 Å². The highest BCUT2D eigenvalue weighted by molar-refractivity contribution is 7.89. The lowest BCUT2D eigenvalue weighted by Crippen LogP contribution is -2.30. The Morgan fingerprint density at radius 1 is 1.40 bits per heavy atom. The zero-order valence-electron chi connectivity index (χ0n) is 11.2. The average Bonchev–Trinajstić information content (AvgIpc) is 2.82. The summed E-state index contributed by atoms with van der Waals surface area (Å²) >= 11 is 0. The Morgan fingerprint density at radius 2 is 2.05 bits per heavy atom. The summed E-state index contributed by atoms with van der Waals surface area (Å²) in [6, 6.07) is 6.12. The Hall–Kier alpha value is -1.44. The van der Waals surface area contributed by atoms with Crippen LogP contribution in [0.3, 0.4) is 0 Å². The molecule has 110 valence electrons. The van der Waals surface area contributed by atoms with E-state index in [9.17, 15) is 13.2 Å². The van der Waals surface area contributed by atoms with Crippen LogP contribution in [0.2, 0.25) is 0 Å². The molecular weight excluding hydrogens is 280 g/mol. The Kier molecular flexibility index (Phi) is 4.42. The molecule has 0 aromatic heterocycles. The maximum absolute atomic E-state index is 11.9. The fourth-order valence-corrected chi connectivity index (χ4v) is 2.65. The van der Waals surface area contributed by atoms with Crippen LogP contribution in [0.1, 0.15) is 18.9 Å². The Morgan fingerprint density at radius 3 is 2.55 bits per heavy atom. The first-order chi connectivity index (χ1) is 9.36. The van der Waals surface area contributed by atoms with Crippen LogP contribution in [0.5, 0.6) is 0 Å². The van der Waals surface area contributed by atoms with Crippen LogP contribution >= 0.6 is 0 Å². The third-order valence-corrected chi connectivity index (χ3v) is 4.22. The van der Waals surface area contributed by atoms with Crippen LogP contribution in [0.4, 0.5) is 0 Å². The first-order valence-corrected chi connectivity index (χ1v) is 7.92. The van der Waals surface area contributed by atoms with E-state index in [1.165, 1.54) is 12.1 Å². The summed E-state index contributed by atoms with van der Waals surface area (Å²) in [5.41, 5.74) is 0.817. The predicted octanol–water partition coefficient (Wildman–Crippen LogP) is 0.375. The van der Waals surface area contributed by atoms with E-state index in [2.05, 4.69) is 5.32 Å². The second-order valence-electron chi connectivity index (χ2n) is 4.98. The van der Waals surface area contributed by atoms with E-state index in [-0.39, 0.29) is 22.8 Å². The quantitative estimate of drug-likeness (QED) is 0.839. The SMILES string of the molecule is CC1CC(C(=O)NCc2ccc(S(N)(=O)=O)cc2)CO1. The number of rotatable bonds is 4. The lowest BCUT2D eigenvalue weighted by molar-refractivity contribution is -0.125. The molecule has 0 radical (unpaired) electrons. The molecule has 1 saturated heterocycles. The number of sulfonamides is 1. The first-order valence-electron chi connectivity index (χ1n) is 6.37. The predicted molar refractivity (Wildman–Crippen MR) is 73.2 cm³/mol. The summed E-state index contributed by atoms with van der Waals surface area (Å²) in [4.78, 5) is 11.9. The van der Waals surface area contributed by atoms with Crippen molar-refractivity contribution < 1.29 is 17.9 Å². The number of carbonyl (C=O) groups excluding carboxylic acids is 1. The van der Waals surface area contributed by atoms with Gasteiger partial charge in [-0.2, -0.15) is 0 Å². The normalized spacial score (nSPS) is 22.7. The van der Waals surface area contributed by atoms with E-state index in [1.807, 2.05) is 6.92 Å². The van der Waals surface area contributed by atoms with Gasteiger partial charge in [0.25, 0.3) is 0 Å². The molecule has 2 rings (SSSR count). The number of primary sulfonamides is 1. The van der Waals surface area contributed by atoms with E-state index in [4.69, 9.17) is 9.88 Å². The second kappa shape index (κ2) is 5.90. The average molecular weight is 298 g/mol. The summed E-state index contributed by atoms with van der Waals surface area (Å²) in [5, 5.41) is 7.83. The van der Waals surface area contributed by atoms with E-state index in [0.29, 0.717) is 13.2 Å². The number of amides is 1. The van der Waals surface area contributed by atoms with E-state index >= 15 is 0 Å². The number of nitrogens with two attached hydrogens (primary N) is 1. The number of hydrogen-bond acceptors (Lipinski definition) is 4. The van der Waals surface area contributed by atoms with Gasteiger partial charge in [0.2, 0.25) is 15.9 Å². The highest BCUT2D eigenvalue weighted by Crippen LogP contribution is 2.19. The van der Waals surface area contributed by atoms with Crippen molar-refractivity contribution in [1.82, 2.24) is 5.32 Å². The summed E-state index contributed by atoms with van der Waals surface area (Å²) in [7, 11) is -3.67. The van der Waals surface area contributed by atoms with Crippen molar-refractivity contribution in [3.63, 3.8) is 0 Å². The summed E-state index contributed by atoms with van der Waals surface area (Å²) in [5.74, 6) is -0.140. The molecule has 7 heteroatoms. The van der Waals surface area contributed by atoms with Gasteiger partial charge in [-0.1, -0.05) is 12.1 Å². The van der Waals surface area contributed by atoms with Crippen LogP contribution in [-0.4, -0.2) is 27.0 Å². The lowest BCUT2D eigenvalue weighted by atomic mass is 10.1. The van der Waals surface area contributed by atoms with Crippen molar-refractivity contribution in [3.05, 3.63) is 29.8 Å². The highest BCUT2D eigenvalue weighted by Gasteiger charge is 2.27. The molecule has 1 aliphatic rings. The number of hydrogen-bond donors (Lipinski definition) is 2. The molecular formula is C13H18N2O4S. The minimum Gasteiger partial charge on any atom is -0.378 e. The molecule has 0 aliphatic carbocycles. The molecule has 0 bridgehead atoms. The van der Waals surface area contributed by atoms with Gasteiger partial charge in [-0.05, 0) is 31.0 Å². The molecule has 2 unspecified atom stereocenters. The minimum absolute atomic E-state index is 0.0372. The maximum Gasteiger partial charge on any atom is 0.238 e. The molecule has 20 heavy (non-hydrogen) atoms. The van der Waals surface area contributed by atoms with Crippen LogP contribution < -0.4 is 10.5 Å². The van der Waals surface area contributed by atoms with Crippen molar-refractivity contribution in [1.29, 1.82) is 0 Å². The third-order valence-electron chi connectivity index (χ3n) is 3.29. The van der Waals surface area contributed by atoms with Crippen LogP contribution in [0.15, 0.2) is 29.2 Å². The van der Waals surface area contributed by atoms with Gasteiger partial charge in [-0.15, -0.1) is 0 Å². The second-order valence-corrected chi connectivity index (χ2v) is 6.54. The first kappa shape index (κ1) is 15.0. The Balaban J connectivity index is 1.90. The molecule has 2 atom stereocenters. The number of benzene rings is 1. The molecule has 1 amide bonds. The van der Waals surface area contributed by atoms with Gasteiger partial charge in [-0.3, -0.25) is 4.79 Å². The van der Waals surface area contributed by atoms with E-state index < -0.39 is 10.0 Å². The fourth-order valence-electron chi connectivity index (χ4n) is 2.13. The molecule has 1 aromatic carbocycles. The van der Waals surface area contributed by atoms with Crippen molar-refractivity contribution in [3.8, 4) is 0 Å². The number of nitrogens with one attached hydrogen (secondary N) is 1. The molecule has 1 heterocycles. The van der Waals surface area contributed by atoms with Gasteiger partial charge in [0.1, 0.15) is 0 Å². The smallest absolute Gasteiger partial charge is 0.238 e. The van der Waals surface area contributed by atoms with Crippen molar-refractivity contribution in [2.45, 2.75) is 30.9 Å². The molecule has 1 aliphatic heterocycles. The lowest BCUT2D eigenvalue weighted by Gasteiger charge is -2.09. The monoisotopic (exact) mass is 298 g/mol. The topological polar surface area (TPSA) is 98.5 Å². The van der Waals surface area contributed by atoms with Gasteiger partial charge >= 0.3 is 0 Å². The van der Waals surface area contributed by atoms with Gasteiger partial charge in [-0.25, -0.2) is 13.6 Å². The van der Waals surface area contributed by atoms with E-state index in [0.717, 1.165) is 12.0 Å². The minimum atomic E-state index is -3.67. The molecule has 3 N–H and O–H groups in total. The van der Waals surface area contributed by atoms with Crippen molar-refractivity contribution in [2.24, 2.45) is 11.1 Å². The van der Waals surface area contributed by atoms with Crippen molar-refractivity contribution in [2.75, 3.05) is 6.61 Å². The maximum atomic E-state index is 11.9. The fraction of sp³-hybridized carbons (Fsp3) is 0.462. The molecule has 0 spiro atoms. The van der Waals surface area contributed by atoms with Crippen LogP contribution in [0.25, 0.3) is 0 Å². The number of ether oxygens (including phenoxy) is 1. The standard InChI is InChI=1S/C13H18N2O4S/c1-9-6-11(8-19-9)13(16)15-7-10-2-4-12(5-3-10)20(14,17)18/h2-5,9,11H,6-8H2,1H3,(H,15,16)(H2,14,17,18). The Bertz CT molecular complexity index is 583. The number of carbonyl (C=O) groups is 1. The van der Waals surface area contributed by atoms with E-state index in [1.54, 1.807) is 12.1 Å². The van der Waals surface area contributed by atoms with Crippen LogP contribution in [-0.2, 0) is 26.1 Å². The molecule has 0 saturated carbocycles. The zero-order chi connectivity index (χ0) is 14.8. The highest BCUT2D eigenvalue weighted by atomic mass is 32.2. The summed E-state index contributed by atoms with van der Waals surface area (Å²) < 4.78 is 27.6. The molecule has 6 nitrogen and oxygen atoms in total. The largest absolute Gasteiger partial charge is 0.378 e. The van der Waals surface area contributed by atoms with Gasteiger partial charge in [0.15, 0.2) is 0 Å². The molecule has 1 aromatic rings. The molecule has 1 fully saturated rings. The van der Waals surface area contributed by atoms with Crippen molar-refractivity contribution >= 4 is 15.9 Å². The zero-order valence-corrected chi connectivity index (χ0v) is 12.0. The Labute approximate surface area is 118 Å².